The van der Waals surface area contributed by atoms with Gasteiger partial charge >= 0.3 is 0 Å². The number of hydrogen-bond acceptors (Lipinski definition) is 6. The Morgan fingerprint density at radius 3 is 2.36 bits per heavy atom. The third kappa shape index (κ3) is 2.96. The van der Waals surface area contributed by atoms with Crippen LogP contribution in [0.1, 0.15) is 15.9 Å². The predicted octanol–water partition coefficient (Wildman–Crippen LogP) is 1.81. The van der Waals surface area contributed by atoms with E-state index in [0.29, 0.717) is 6.61 Å². The molecule has 0 spiro atoms. The lowest BCUT2D eigenvalue weighted by Gasteiger charge is -2.11. The highest BCUT2D eigenvalue weighted by Crippen LogP contribution is 2.31. The molecule has 6 heteroatoms. The Labute approximate surface area is 126 Å². The number of ketones is 1. The van der Waals surface area contributed by atoms with Crippen LogP contribution in [-0.2, 0) is 4.74 Å². The summed E-state index contributed by atoms with van der Waals surface area (Å²) in [6.07, 6.45) is 0.00683. The minimum absolute atomic E-state index is 0.00683. The van der Waals surface area contributed by atoms with Gasteiger partial charge in [-0.05, 0) is 24.3 Å². The molecule has 3 N–H and O–H groups in total. The first-order chi connectivity index (χ1) is 10.5. The Morgan fingerprint density at radius 2 is 1.73 bits per heavy atom. The van der Waals surface area contributed by atoms with Gasteiger partial charge in [-0.3, -0.25) is 4.79 Å². The molecule has 6 nitrogen and oxygen atoms in total. The molecule has 0 saturated carbocycles. The molecule has 1 saturated heterocycles. The Bertz CT molecular complexity index is 721. The first-order valence-corrected chi connectivity index (χ1v) is 6.68. The van der Waals surface area contributed by atoms with E-state index in [1.54, 1.807) is 0 Å². The molecule has 0 aromatic heterocycles. The van der Waals surface area contributed by atoms with Gasteiger partial charge in [0.05, 0.1) is 17.7 Å². The van der Waals surface area contributed by atoms with Crippen molar-refractivity contribution in [2.75, 3.05) is 13.2 Å². The Morgan fingerprint density at radius 1 is 1.09 bits per heavy atom. The van der Waals surface area contributed by atoms with Gasteiger partial charge in [-0.15, -0.1) is 0 Å². The van der Waals surface area contributed by atoms with Crippen molar-refractivity contribution in [3.8, 4) is 23.0 Å². The predicted molar refractivity (Wildman–Crippen MR) is 76.5 cm³/mol. The third-order valence-electron chi connectivity index (χ3n) is 3.26. The van der Waals surface area contributed by atoms with Gasteiger partial charge in [0.25, 0.3) is 0 Å². The van der Waals surface area contributed by atoms with Crippen LogP contribution in [0, 0.1) is 0 Å². The van der Waals surface area contributed by atoms with Crippen LogP contribution in [0.15, 0.2) is 36.4 Å². The van der Waals surface area contributed by atoms with Gasteiger partial charge in [-0.1, -0.05) is 0 Å². The van der Waals surface area contributed by atoms with Crippen molar-refractivity contribution in [3.05, 3.63) is 47.5 Å². The first-order valence-electron chi connectivity index (χ1n) is 6.68. The number of epoxide rings is 1. The molecule has 2 aromatic carbocycles. The molecular formula is C16H14O6. The molecule has 1 fully saturated rings. The quantitative estimate of drug-likeness (QED) is 0.575. The lowest BCUT2D eigenvalue weighted by atomic mass is 10.0. The molecule has 1 heterocycles. The van der Waals surface area contributed by atoms with Gasteiger partial charge in [-0.25, -0.2) is 0 Å². The second kappa shape index (κ2) is 5.57. The van der Waals surface area contributed by atoms with Crippen LogP contribution in [0.25, 0.3) is 0 Å². The van der Waals surface area contributed by atoms with Gasteiger partial charge in [0, 0.05) is 12.1 Å². The number of rotatable bonds is 5. The van der Waals surface area contributed by atoms with Crippen molar-refractivity contribution >= 4 is 5.78 Å². The van der Waals surface area contributed by atoms with Crippen molar-refractivity contribution in [1.29, 1.82) is 0 Å². The molecular weight excluding hydrogens is 288 g/mol. The fourth-order valence-electron chi connectivity index (χ4n) is 2.02. The summed E-state index contributed by atoms with van der Waals surface area (Å²) in [5.41, 5.74) is 0.246. The summed E-state index contributed by atoms with van der Waals surface area (Å²) in [4.78, 5) is 12.5. The van der Waals surface area contributed by atoms with Crippen molar-refractivity contribution in [1.82, 2.24) is 0 Å². The van der Waals surface area contributed by atoms with Crippen LogP contribution in [0.3, 0.4) is 0 Å². The van der Waals surface area contributed by atoms with E-state index in [4.69, 9.17) is 9.47 Å². The maximum atomic E-state index is 12.5. The maximum Gasteiger partial charge on any atom is 0.200 e. The number of carbonyl (C=O) groups excluding carboxylic acids is 1. The van der Waals surface area contributed by atoms with Crippen molar-refractivity contribution in [2.24, 2.45) is 0 Å². The van der Waals surface area contributed by atoms with E-state index in [-0.39, 0.29) is 46.8 Å². The number of hydrogen-bond donors (Lipinski definition) is 3. The molecule has 0 bridgehead atoms. The number of ether oxygens (including phenoxy) is 2. The molecule has 2 aromatic rings. The minimum Gasteiger partial charge on any atom is -0.508 e. The van der Waals surface area contributed by atoms with Gasteiger partial charge in [0.1, 0.15) is 35.7 Å². The molecule has 3 rings (SSSR count). The average molecular weight is 302 g/mol. The molecule has 0 radical (unpaired) electrons. The van der Waals surface area contributed by atoms with E-state index in [0.717, 1.165) is 6.07 Å². The number of phenols is 3. The summed E-state index contributed by atoms with van der Waals surface area (Å²) in [5, 5.41) is 28.7. The summed E-state index contributed by atoms with van der Waals surface area (Å²) >= 11 is 0. The third-order valence-corrected chi connectivity index (χ3v) is 3.26. The average Bonchev–Trinajstić information content (AvgIpc) is 3.29. The largest absolute Gasteiger partial charge is 0.508 e. The monoisotopic (exact) mass is 302 g/mol. The first kappa shape index (κ1) is 14.2. The van der Waals surface area contributed by atoms with E-state index in [2.05, 4.69) is 0 Å². The SMILES string of the molecule is O=C(c1ccc(O)cc1O)c1ccc(O)cc1OCC1CO1. The normalized spacial score (nSPS) is 16.3. The van der Waals surface area contributed by atoms with Crippen molar-refractivity contribution in [3.63, 3.8) is 0 Å². The fraction of sp³-hybridized carbons (Fsp3) is 0.188. The zero-order valence-corrected chi connectivity index (χ0v) is 11.5. The van der Waals surface area contributed by atoms with Crippen molar-refractivity contribution in [2.45, 2.75) is 6.10 Å². The van der Waals surface area contributed by atoms with Crippen LogP contribution < -0.4 is 4.74 Å². The molecule has 1 unspecified atom stereocenters. The number of phenolic OH excluding ortho intramolecular Hbond substituents is 3. The maximum absolute atomic E-state index is 12.5. The fourth-order valence-corrected chi connectivity index (χ4v) is 2.02. The smallest absolute Gasteiger partial charge is 0.200 e. The summed E-state index contributed by atoms with van der Waals surface area (Å²) < 4.78 is 10.5. The van der Waals surface area contributed by atoms with E-state index in [1.807, 2.05) is 0 Å². The van der Waals surface area contributed by atoms with Crippen LogP contribution >= 0.6 is 0 Å². The second-order valence-electron chi connectivity index (χ2n) is 4.98. The highest BCUT2D eigenvalue weighted by molar-refractivity contribution is 6.12. The zero-order valence-electron chi connectivity index (χ0n) is 11.5. The number of carbonyl (C=O) groups is 1. The van der Waals surface area contributed by atoms with Gasteiger partial charge in [-0.2, -0.15) is 0 Å². The molecule has 114 valence electrons. The van der Waals surface area contributed by atoms with Crippen LogP contribution in [0.4, 0.5) is 0 Å². The van der Waals surface area contributed by atoms with E-state index in [9.17, 15) is 20.1 Å². The lowest BCUT2D eigenvalue weighted by molar-refractivity contribution is 0.103. The Kier molecular flexibility index (Phi) is 3.60. The molecule has 1 aliphatic rings. The molecule has 1 atom stereocenters. The standard InChI is InChI=1S/C16H14O6/c17-9-1-3-12(14(19)5-9)16(20)13-4-2-10(18)6-15(13)22-8-11-7-21-11/h1-6,11,17-19H,7-8H2. The van der Waals surface area contributed by atoms with Gasteiger partial charge < -0.3 is 24.8 Å². The van der Waals surface area contributed by atoms with Crippen LogP contribution in [-0.4, -0.2) is 40.4 Å². The molecule has 22 heavy (non-hydrogen) atoms. The molecule has 0 aliphatic carbocycles. The summed E-state index contributed by atoms with van der Waals surface area (Å²) in [6.45, 7) is 0.895. The summed E-state index contributed by atoms with van der Waals surface area (Å²) in [6, 6.07) is 7.86. The lowest BCUT2D eigenvalue weighted by Crippen LogP contribution is -2.09. The minimum atomic E-state index is -0.468. The van der Waals surface area contributed by atoms with Gasteiger partial charge in [0.2, 0.25) is 0 Å². The highest BCUT2D eigenvalue weighted by atomic mass is 16.6. The highest BCUT2D eigenvalue weighted by Gasteiger charge is 2.25. The van der Waals surface area contributed by atoms with Crippen molar-refractivity contribution < 1.29 is 29.6 Å². The number of aromatic hydroxyl groups is 3. The zero-order chi connectivity index (χ0) is 15.7. The molecule has 0 amide bonds. The summed E-state index contributed by atoms with van der Waals surface area (Å²) in [7, 11) is 0. The van der Waals surface area contributed by atoms with Gasteiger partial charge in [0.15, 0.2) is 5.78 Å². The second-order valence-corrected chi connectivity index (χ2v) is 4.98. The van der Waals surface area contributed by atoms with E-state index < -0.39 is 5.78 Å². The number of benzene rings is 2. The Balaban J connectivity index is 1.93. The van der Waals surface area contributed by atoms with Crippen LogP contribution in [0.5, 0.6) is 23.0 Å². The summed E-state index contributed by atoms with van der Waals surface area (Å²) in [5.74, 6) is -0.743. The van der Waals surface area contributed by atoms with E-state index >= 15 is 0 Å². The van der Waals surface area contributed by atoms with Crippen LogP contribution in [0.2, 0.25) is 0 Å². The van der Waals surface area contributed by atoms with E-state index in [1.165, 1.54) is 30.3 Å². The molecule has 1 aliphatic heterocycles. The topological polar surface area (TPSA) is 99.5 Å². The Hall–Kier alpha value is -2.73.